The highest BCUT2D eigenvalue weighted by Crippen LogP contribution is 2.18. The molecule has 1 aromatic heterocycles. The van der Waals surface area contributed by atoms with E-state index in [1.54, 1.807) is 6.33 Å². The Kier molecular flexibility index (Phi) is 4.31. The van der Waals surface area contributed by atoms with Crippen molar-refractivity contribution in [3.05, 3.63) is 18.1 Å². The molecule has 0 aromatic carbocycles. The summed E-state index contributed by atoms with van der Waals surface area (Å²) in [7, 11) is 2.04. The van der Waals surface area contributed by atoms with Crippen molar-refractivity contribution in [2.24, 2.45) is 0 Å². The van der Waals surface area contributed by atoms with Crippen molar-refractivity contribution in [1.29, 1.82) is 0 Å². The lowest BCUT2D eigenvalue weighted by atomic mass is 10.1. The van der Waals surface area contributed by atoms with Crippen LogP contribution in [-0.4, -0.2) is 36.1 Å². The highest BCUT2D eigenvalue weighted by molar-refractivity contribution is 5.39. The second-order valence-electron chi connectivity index (χ2n) is 4.69. The summed E-state index contributed by atoms with van der Waals surface area (Å²) in [5, 5.41) is 3.36. The molecule has 1 atom stereocenters. The Bertz CT molecular complexity index is 353. The summed E-state index contributed by atoms with van der Waals surface area (Å²) >= 11 is 0. The Morgan fingerprint density at radius 2 is 2.35 bits per heavy atom. The number of hydrogen-bond donors (Lipinski definition) is 1. The molecule has 94 valence electrons. The maximum absolute atomic E-state index is 4.40. The molecular weight excluding hydrogens is 212 g/mol. The van der Waals surface area contributed by atoms with E-state index in [-0.39, 0.29) is 0 Å². The van der Waals surface area contributed by atoms with Gasteiger partial charge in [0.05, 0.1) is 0 Å². The zero-order valence-electron chi connectivity index (χ0n) is 10.8. The normalized spacial score (nSPS) is 20.6. The van der Waals surface area contributed by atoms with Crippen LogP contribution in [0.4, 0.5) is 5.82 Å². The summed E-state index contributed by atoms with van der Waals surface area (Å²) in [5.74, 6) is 1.09. The molecule has 1 aliphatic rings. The predicted molar refractivity (Wildman–Crippen MR) is 70.3 cm³/mol. The summed E-state index contributed by atoms with van der Waals surface area (Å²) < 4.78 is 0. The first-order chi connectivity index (χ1) is 8.33. The molecule has 4 nitrogen and oxygen atoms in total. The Labute approximate surface area is 103 Å². The number of aromatic nitrogens is 2. The number of likely N-dealkylation sites (N-methyl/N-ethyl adjacent to an activating group) is 1. The van der Waals surface area contributed by atoms with Crippen molar-refractivity contribution < 1.29 is 0 Å². The van der Waals surface area contributed by atoms with E-state index < -0.39 is 0 Å². The summed E-state index contributed by atoms with van der Waals surface area (Å²) in [6.45, 7) is 4.35. The summed E-state index contributed by atoms with van der Waals surface area (Å²) in [6, 6.07) is 2.73. The van der Waals surface area contributed by atoms with Crippen molar-refractivity contribution in [2.75, 3.05) is 25.0 Å². The Balaban J connectivity index is 2.07. The van der Waals surface area contributed by atoms with Crippen LogP contribution in [0, 0.1) is 0 Å². The lowest BCUT2D eigenvalue weighted by molar-refractivity contribution is 0.447. The minimum absolute atomic E-state index is 0.591. The smallest absolute Gasteiger partial charge is 0.132 e. The van der Waals surface area contributed by atoms with E-state index in [0.717, 1.165) is 37.4 Å². The molecule has 1 fully saturated rings. The van der Waals surface area contributed by atoms with Gasteiger partial charge in [-0.2, -0.15) is 0 Å². The van der Waals surface area contributed by atoms with Gasteiger partial charge in [-0.1, -0.05) is 13.3 Å². The molecule has 1 saturated heterocycles. The van der Waals surface area contributed by atoms with Crippen LogP contribution in [0.2, 0.25) is 0 Å². The van der Waals surface area contributed by atoms with Crippen molar-refractivity contribution in [3.8, 4) is 0 Å². The lowest BCUT2D eigenvalue weighted by Crippen LogP contribution is -2.44. The average molecular weight is 234 g/mol. The van der Waals surface area contributed by atoms with E-state index in [1.165, 1.54) is 12.8 Å². The minimum Gasteiger partial charge on any atom is -0.355 e. The molecule has 1 aromatic rings. The highest BCUT2D eigenvalue weighted by Gasteiger charge is 2.19. The van der Waals surface area contributed by atoms with Gasteiger partial charge in [-0.25, -0.2) is 9.97 Å². The second-order valence-corrected chi connectivity index (χ2v) is 4.69. The van der Waals surface area contributed by atoms with E-state index in [4.69, 9.17) is 0 Å². The SMILES string of the molecule is CCCc1cc(N2CCCC(NC)C2)ncn1. The number of nitrogens with zero attached hydrogens (tertiary/aromatic N) is 3. The van der Waals surface area contributed by atoms with Crippen LogP contribution in [0.5, 0.6) is 0 Å². The van der Waals surface area contributed by atoms with Gasteiger partial charge in [0.2, 0.25) is 0 Å². The summed E-state index contributed by atoms with van der Waals surface area (Å²) in [5.41, 5.74) is 1.16. The third kappa shape index (κ3) is 3.16. The van der Waals surface area contributed by atoms with Crippen LogP contribution in [0.3, 0.4) is 0 Å². The third-order valence-corrected chi connectivity index (χ3v) is 3.37. The highest BCUT2D eigenvalue weighted by atomic mass is 15.2. The molecule has 0 aliphatic carbocycles. The van der Waals surface area contributed by atoms with Crippen molar-refractivity contribution in [1.82, 2.24) is 15.3 Å². The number of anilines is 1. The molecule has 0 bridgehead atoms. The minimum atomic E-state index is 0.591. The van der Waals surface area contributed by atoms with Crippen LogP contribution in [0.1, 0.15) is 31.9 Å². The fourth-order valence-electron chi connectivity index (χ4n) is 2.37. The zero-order chi connectivity index (χ0) is 12.1. The monoisotopic (exact) mass is 234 g/mol. The number of nitrogens with one attached hydrogen (secondary N) is 1. The molecule has 1 N–H and O–H groups in total. The van der Waals surface area contributed by atoms with Crippen LogP contribution in [0.25, 0.3) is 0 Å². The fourth-order valence-corrected chi connectivity index (χ4v) is 2.37. The van der Waals surface area contributed by atoms with Gasteiger partial charge >= 0.3 is 0 Å². The number of piperidine rings is 1. The van der Waals surface area contributed by atoms with Crippen molar-refractivity contribution in [2.45, 2.75) is 38.6 Å². The molecule has 1 unspecified atom stereocenters. The molecule has 2 heterocycles. The van der Waals surface area contributed by atoms with Crippen LogP contribution < -0.4 is 10.2 Å². The van der Waals surface area contributed by atoms with E-state index in [1.807, 2.05) is 7.05 Å². The number of aryl methyl sites for hydroxylation is 1. The maximum atomic E-state index is 4.40. The molecule has 17 heavy (non-hydrogen) atoms. The van der Waals surface area contributed by atoms with Gasteiger partial charge in [-0.05, 0) is 26.3 Å². The summed E-state index contributed by atoms with van der Waals surface area (Å²) in [6.07, 6.45) is 6.37. The fraction of sp³-hybridized carbons (Fsp3) is 0.692. The maximum Gasteiger partial charge on any atom is 0.132 e. The first-order valence-corrected chi connectivity index (χ1v) is 6.56. The second kappa shape index (κ2) is 5.96. The largest absolute Gasteiger partial charge is 0.355 e. The van der Waals surface area contributed by atoms with Crippen LogP contribution in [-0.2, 0) is 6.42 Å². The van der Waals surface area contributed by atoms with Gasteiger partial charge in [0.15, 0.2) is 0 Å². The van der Waals surface area contributed by atoms with E-state index in [9.17, 15) is 0 Å². The molecule has 0 radical (unpaired) electrons. The Morgan fingerprint density at radius 1 is 1.47 bits per heavy atom. The van der Waals surface area contributed by atoms with Crippen LogP contribution in [0.15, 0.2) is 12.4 Å². The number of rotatable bonds is 4. The van der Waals surface area contributed by atoms with Gasteiger partial charge in [0.1, 0.15) is 12.1 Å². The molecule has 1 aliphatic heterocycles. The van der Waals surface area contributed by atoms with Crippen molar-refractivity contribution >= 4 is 5.82 Å². The first kappa shape index (κ1) is 12.3. The topological polar surface area (TPSA) is 41.0 Å². The third-order valence-electron chi connectivity index (χ3n) is 3.37. The molecule has 4 heteroatoms. The Hall–Kier alpha value is -1.16. The number of hydrogen-bond acceptors (Lipinski definition) is 4. The first-order valence-electron chi connectivity index (χ1n) is 6.56. The Morgan fingerprint density at radius 3 is 3.12 bits per heavy atom. The molecule has 0 spiro atoms. The molecule has 2 rings (SSSR count). The zero-order valence-corrected chi connectivity index (χ0v) is 10.8. The van der Waals surface area contributed by atoms with Gasteiger partial charge in [-0.15, -0.1) is 0 Å². The summed E-state index contributed by atoms with van der Waals surface area (Å²) in [4.78, 5) is 11.1. The average Bonchev–Trinajstić information content (AvgIpc) is 2.40. The molecular formula is C13H22N4. The van der Waals surface area contributed by atoms with Gasteiger partial charge < -0.3 is 10.2 Å². The predicted octanol–water partition coefficient (Wildman–Crippen LogP) is 1.62. The van der Waals surface area contributed by atoms with E-state index in [2.05, 4.69) is 33.2 Å². The van der Waals surface area contributed by atoms with E-state index >= 15 is 0 Å². The molecule has 0 amide bonds. The van der Waals surface area contributed by atoms with Gasteiger partial charge in [0.25, 0.3) is 0 Å². The standard InChI is InChI=1S/C13H22N4/c1-3-5-11-8-13(16-10-15-11)17-7-4-6-12(9-17)14-2/h8,10,12,14H,3-7,9H2,1-2H3. The van der Waals surface area contributed by atoms with Gasteiger partial charge in [0, 0.05) is 30.9 Å². The van der Waals surface area contributed by atoms with Gasteiger partial charge in [-0.3, -0.25) is 0 Å². The molecule has 0 saturated carbocycles. The van der Waals surface area contributed by atoms with Crippen molar-refractivity contribution in [3.63, 3.8) is 0 Å². The lowest BCUT2D eigenvalue weighted by Gasteiger charge is -2.33. The van der Waals surface area contributed by atoms with Crippen LogP contribution >= 0.6 is 0 Å². The van der Waals surface area contributed by atoms with E-state index in [0.29, 0.717) is 6.04 Å². The quantitative estimate of drug-likeness (QED) is 0.859.